The van der Waals surface area contributed by atoms with E-state index in [1.165, 1.54) is 11.1 Å². The fraction of sp³-hybridized carbons (Fsp3) is 0.562. The largest absolute Gasteiger partial charge is 0.326 e. The van der Waals surface area contributed by atoms with Gasteiger partial charge >= 0.3 is 0 Å². The number of hydrogen-bond donors (Lipinski definition) is 1. The van der Waals surface area contributed by atoms with Crippen molar-refractivity contribution in [2.24, 2.45) is 5.92 Å². The van der Waals surface area contributed by atoms with Crippen LogP contribution in [0.3, 0.4) is 0 Å². The number of amides is 1. The number of unbranched alkanes of at least 4 members (excludes halogenated alkanes) is 1. The first-order valence-corrected chi connectivity index (χ1v) is 6.96. The fourth-order valence-electron chi connectivity index (χ4n) is 2.03. The summed E-state index contributed by atoms with van der Waals surface area (Å²) in [4.78, 5) is 12.1. The van der Waals surface area contributed by atoms with Crippen molar-refractivity contribution in [2.75, 3.05) is 5.32 Å². The topological polar surface area (TPSA) is 29.1 Å². The fourth-order valence-corrected chi connectivity index (χ4v) is 2.03. The number of hydrogen-bond acceptors (Lipinski definition) is 1. The van der Waals surface area contributed by atoms with Crippen molar-refractivity contribution in [3.8, 4) is 0 Å². The summed E-state index contributed by atoms with van der Waals surface area (Å²) in [5, 5.41) is 3.03. The van der Waals surface area contributed by atoms with E-state index in [2.05, 4.69) is 39.1 Å². The van der Waals surface area contributed by atoms with Gasteiger partial charge in [0, 0.05) is 11.6 Å². The highest BCUT2D eigenvalue weighted by Gasteiger charge is 2.15. The van der Waals surface area contributed by atoms with Gasteiger partial charge in [-0.15, -0.1) is 0 Å². The van der Waals surface area contributed by atoms with Gasteiger partial charge in [-0.25, -0.2) is 0 Å². The highest BCUT2D eigenvalue weighted by Crippen LogP contribution is 2.18. The van der Waals surface area contributed by atoms with Gasteiger partial charge in [0.25, 0.3) is 0 Å². The molecule has 1 amide bonds. The number of carbonyl (C=O) groups is 1. The van der Waals surface area contributed by atoms with Crippen LogP contribution in [0.4, 0.5) is 5.69 Å². The molecule has 0 spiro atoms. The lowest BCUT2D eigenvalue weighted by Gasteiger charge is -2.15. The first-order chi connectivity index (χ1) is 8.58. The highest BCUT2D eigenvalue weighted by molar-refractivity contribution is 5.92. The quantitative estimate of drug-likeness (QED) is 0.790. The van der Waals surface area contributed by atoms with Gasteiger partial charge in [0.1, 0.15) is 0 Å². The Hall–Kier alpha value is -1.31. The van der Waals surface area contributed by atoms with Crippen molar-refractivity contribution in [1.82, 2.24) is 0 Å². The Kier molecular flexibility index (Phi) is 5.90. The summed E-state index contributed by atoms with van der Waals surface area (Å²) in [5.41, 5.74) is 3.39. The van der Waals surface area contributed by atoms with Gasteiger partial charge in [-0.1, -0.05) is 32.8 Å². The molecule has 0 heterocycles. The minimum absolute atomic E-state index is 0.145. The van der Waals surface area contributed by atoms with Gasteiger partial charge in [-0.2, -0.15) is 0 Å². The summed E-state index contributed by atoms with van der Waals surface area (Å²) in [6.45, 7) is 8.39. The molecule has 1 atom stereocenters. The summed E-state index contributed by atoms with van der Waals surface area (Å²) in [7, 11) is 0. The molecule has 0 aliphatic rings. The van der Waals surface area contributed by atoms with Gasteiger partial charge in [0.2, 0.25) is 5.91 Å². The summed E-state index contributed by atoms with van der Waals surface area (Å²) in [6, 6.07) is 6.07. The van der Waals surface area contributed by atoms with Crippen molar-refractivity contribution in [1.29, 1.82) is 0 Å². The lowest BCUT2D eigenvalue weighted by atomic mass is 9.98. The first kappa shape index (κ1) is 14.7. The van der Waals surface area contributed by atoms with E-state index in [0.29, 0.717) is 0 Å². The third-order valence-corrected chi connectivity index (χ3v) is 3.54. The van der Waals surface area contributed by atoms with Crippen LogP contribution >= 0.6 is 0 Å². The number of carbonyl (C=O) groups excluding carboxylic acids is 1. The van der Waals surface area contributed by atoms with Crippen LogP contribution in [0.15, 0.2) is 18.2 Å². The van der Waals surface area contributed by atoms with E-state index in [-0.39, 0.29) is 11.8 Å². The zero-order valence-electron chi connectivity index (χ0n) is 12.0. The maximum atomic E-state index is 12.1. The molecule has 0 radical (unpaired) electrons. The SMILES string of the molecule is CCCCC(CC)C(=O)Nc1ccc(C)c(C)c1. The lowest BCUT2D eigenvalue weighted by Crippen LogP contribution is -2.22. The number of aryl methyl sites for hydroxylation is 2. The molecule has 0 aliphatic heterocycles. The number of benzene rings is 1. The predicted molar refractivity (Wildman–Crippen MR) is 77.9 cm³/mol. The van der Waals surface area contributed by atoms with Gasteiger partial charge in [-0.3, -0.25) is 4.79 Å². The molecule has 18 heavy (non-hydrogen) atoms. The zero-order valence-corrected chi connectivity index (χ0v) is 12.0. The van der Waals surface area contributed by atoms with E-state index < -0.39 is 0 Å². The Labute approximate surface area is 111 Å². The molecule has 1 unspecified atom stereocenters. The highest BCUT2D eigenvalue weighted by atomic mass is 16.1. The van der Waals surface area contributed by atoms with Gasteiger partial charge in [0.05, 0.1) is 0 Å². The number of rotatable bonds is 6. The van der Waals surface area contributed by atoms with Crippen LogP contribution in [0.25, 0.3) is 0 Å². The molecular weight excluding hydrogens is 222 g/mol. The summed E-state index contributed by atoms with van der Waals surface area (Å²) >= 11 is 0. The smallest absolute Gasteiger partial charge is 0.227 e. The standard InChI is InChI=1S/C16H25NO/c1-5-7-8-14(6-2)16(18)17-15-10-9-12(3)13(4)11-15/h9-11,14H,5-8H2,1-4H3,(H,17,18). The molecule has 100 valence electrons. The molecule has 1 rings (SSSR count). The van der Waals surface area contributed by atoms with Crippen LogP contribution in [0.1, 0.15) is 50.7 Å². The number of nitrogens with one attached hydrogen (secondary N) is 1. The Morgan fingerprint density at radius 2 is 1.94 bits per heavy atom. The van der Waals surface area contributed by atoms with Crippen LogP contribution in [0.2, 0.25) is 0 Å². The third-order valence-electron chi connectivity index (χ3n) is 3.54. The van der Waals surface area contributed by atoms with Crippen LogP contribution in [0.5, 0.6) is 0 Å². The van der Waals surface area contributed by atoms with Crippen molar-refractivity contribution in [2.45, 2.75) is 53.4 Å². The number of anilines is 1. The predicted octanol–water partition coefficient (Wildman–Crippen LogP) is 4.46. The van der Waals surface area contributed by atoms with Gasteiger partial charge < -0.3 is 5.32 Å². The zero-order chi connectivity index (χ0) is 13.5. The van der Waals surface area contributed by atoms with E-state index >= 15 is 0 Å². The van der Waals surface area contributed by atoms with Crippen molar-refractivity contribution >= 4 is 11.6 Å². The van der Waals surface area contributed by atoms with E-state index in [1.807, 2.05) is 12.1 Å². The minimum atomic E-state index is 0.145. The summed E-state index contributed by atoms with van der Waals surface area (Å²) < 4.78 is 0. The van der Waals surface area contributed by atoms with Crippen molar-refractivity contribution in [3.05, 3.63) is 29.3 Å². The molecule has 0 bridgehead atoms. The maximum Gasteiger partial charge on any atom is 0.227 e. The average molecular weight is 247 g/mol. The minimum Gasteiger partial charge on any atom is -0.326 e. The molecule has 2 heteroatoms. The molecule has 0 saturated carbocycles. The van der Waals surface area contributed by atoms with E-state index in [9.17, 15) is 4.79 Å². The molecule has 0 fully saturated rings. The molecule has 1 N–H and O–H groups in total. The Balaban J connectivity index is 2.64. The Morgan fingerprint density at radius 1 is 1.22 bits per heavy atom. The molecular formula is C16H25NO. The maximum absolute atomic E-state index is 12.1. The Bertz CT molecular complexity index is 398. The van der Waals surface area contributed by atoms with E-state index in [1.54, 1.807) is 0 Å². The average Bonchev–Trinajstić information content (AvgIpc) is 2.35. The monoisotopic (exact) mass is 247 g/mol. The summed E-state index contributed by atoms with van der Waals surface area (Å²) in [6.07, 6.45) is 4.17. The van der Waals surface area contributed by atoms with E-state index in [0.717, 1.165) is 31.4 Å². The normalized spacial score (nSPS) is 12.2. The molecule has 0 aromatic heterocycles. The Morgan fingerprint density at radius 3 is 2.50 bits per heavy atom. The second-order valence-corrected chi connectivity index (χ2v) is 5.04. The van der Waals surface area contributed by atoms with Gasteiger partial charge in [-0.05, 0) is 49.9 Å². The first-order valence-electron chi connectivity index (χ1n) is 6.96. The molecule has 2 nitrogen and oxygen atoms in total. The van der Waals surface area contributed by atoms with Crippen LogP contribution in [-0.4, -0.2) is 5.91 Å². The molecule has 1 aromatic carbocycles. The second-order valence-electron chi connectivity index (χ2n) is 5.04. The van der Waals surface area contributed by atoms with Crippen molar-refractivity contribution in [3.63, 3.8) is 0 Å². The molecule has 1 aromatic rings. The van der Waals surface area contributed by atoms with Crippen LogP contribution < -0.4 is 5.32 Å². The lowest BCUT2D eigenvalue weighted by molar-refractivity contribution is -0.120. The molecule has 0 saturated heterocycles. The van der Waals surface area contributed by atoms with Crippen LogP contribution in [-0.2, 0) is 4.79 Å². The molecule has 0 aliphatic carbocycles. The second kappa shape index (κ2) is 7.20. The van der Waals surface area contributed by atoms with Crippen molar-refractivity contribution < 1.29 is 4.79 Å². The van der Waals surface area contributed by atoms with Crippen LogP contribution in [0, 0.1) is 19.8 Å². The summed E-state index contributed by atoms with van der Waals surface area (Å²) in [5.74, 6) is 0.306. The van der Waals surface area contributed by atoms with E-state index in [4.69, 9.17) is 0 Å². The third kappa shape index (κ3) is 4.17. The van der Waals surface area contributed by atoms with Gasteiger partial charge in [0.15, 0.2) is 0 Å².